The van der Waals surface area contributed by atoms with E-state index in [1.54, 1.807) is 0 Å². The smallest absolute Gasteiger partial charge is 0.335 e. The van der Waals surface area contributed by atoms with Crippen molar-refractivity contribution in [2.75, 3.05) is 0 Å². The summed E-state index contributed by atoms with van der Waals surface area (Å²) in [5, 5.41) is 8.23. The first-order valence-corrected chi connectivity index (χ1v) is 8.67. The van der Waals surface area contributed by atoms with E-state index in [4.69, 9.17) is 5.11 Å². The van der Waals surface area contributed by atoms with Crippen LogP contribution in [0.4, 0.5) is 4.39 Å². The molecular weight excluding hydrogens is 295 g/mol. The SMILES string of the molecule is CCC1CCCC(S(=O)(=O)c2ccc(C(=O)O)cc2F)C1. The highest BCUT2D eigenvalue weighted by atomic mass is 32.2. The molecule has 1 aliphatic carbocycles. The minimum Gasteiger partial charge on any atom is -0.478 e. The normalized spacial score (nSPS) is 23.0. The van der Waals surface area contributed by atoms with Crippen LogP contribution in [0.15, 0.2) is 23.1 Å². The van der Waals surface area contributed by atoms with Gasteiger partial charge in [0.05, 0.1) is 10.8 Å². The van der Waals surface area contributed by atoms with Gasteiger partial charge in [-0.1, -0.05) is 26.2 Å². The monoisotopic (exact) mass is 314 g/mol. The second kappa shape index (κ2) is 6.13. The molecule has 6 heteroatoms. The number of sulfone groups is 1. The van der Waals surface area contributed by atoms with Crippen molar-refractivity contribution >= 4 is 15.8 Å². The van der Waals surface area contributed by atoms with Gasteiger partial charge in [0.2, 0.25) is 0 Å². The predicted octanol–water partition coefficient (Wildman–Crippen LogP) is 3.27. The number of halogens is 1. The molecule has 0 heterocycles. The molecule has 0 amide bonds. The van der Waals surface area contributed by atoms with E-state index in [9.17, 15) is 17.6 Å². The van der Waals surface area contributed by atoms with E-state index in [0.29, 0.717) is 18.8 Å². The molecule has 0 bridgehead atoms. The van der Waals surface area contributed by atoms with Gasteiger partial charge in [0.25, 0.3) is 0 Å². The maximum absolute atomic E-state index is 14.0. The number of carboxylic acid groups (broad SMARTS) is 1. The van der Waals surface area contributed by atoms with Crippen LogP contribution in [0.25, 0.3) is 0 Å². The number of hydrogen-bond acceptors (Lipinski definition) is 3. The van der Waals surface area contributed by atoms with Crippen molar-refractivity contribution in [2.45, 2.75) is 49.2 Å². The molecule has 0 spiro atoms. The Morgan fingerprint density at radius 1 is 1.38 bits per heavy atom. The van der Waals surface area contributed by atoms with Crippen LogP contribution in [-0.2, 0) is 9.84 Å². The number of hydrogen-bond donors (Lipinski definition) is 1. The largest absolute Gasteiger partial charge is 0.478 e. The van der Waals surface area contributed by atoms with Gasteiger partial charge < -0.3 is 5.11 Å². The lowest BCUT2D eigenvalue weighted by molar-refractivity contribution is 0.0696. The van der Waals surface area contributed by atoms with E-state index in [1.165, 1.54) is 0 Å². The van der Waals surface area contributed by atoms with Crippen molar-refractivity contribution in [2.24, 2.45) is 5.92 Å². The predicted molar refractivity (Wildman–Crippen MR) is 76.6 cm³/mol. The molecule has 0 radical (unpaired) electrons. The zero-order chi connectivity index (χ0) is 15.6. The molecule has 1 fully saturated rings. The molecule has 1 N–H and O–H groups in total. The molecule has 4 nitrogen and oxygen atoms in total. The van der Waals surface area contributed by atoms with E-state index in [0.717, 1.165) is 37.5 Å². The first kappa shape index (κ1) is 15.9. The van der Waals surface area contributed by atoms with Crippen molar-refractivity contribution in [3.05, 3.63) is 29.6 Å². The highest BCUT2D eigenvalue weighted by molar-refractivity contribution is 7.92. The van der Waals surface area contributed by atoms with Gasteiger partial charge in [-0.2, -0.15) is 0 Å². The van der Waals surface area contributed by atoms with Crippen LogP contribution in [0.3, 0.4) is 0 Å². The molecule has 1 aromatic carbocycles. The van der Waals surface area contributed by atoms with E-state index >= 15 is 0 Å². The molecular formula is C15H19FO4S. The Morgan fingerprint density at radius 2 is 2.10 bits per heavy atom. The average Bonchev–Trinajstić information content (AvgIpc) is 2.46. The number of rotatable bonds is 4. The van der Waals surface area contributed by atoms with Gasteiger partial charge in [-0.05, 0) is 37.0 Å². The lowest BCUT2D eigenvalue weighted by atomic mass is 9.87. The maximum atomic E-state index is 14.0. The molecule has 0 aromatic heterocycles. The van der Waals surface area contributed by atoms with Crippen LogP contribution in [0.5, 0.6) is 0 Å². The molecule has 2 atom stereocenters. The third-order valence-corrected chi connectivity index (χ3v) is 6.49. The highest BCUT2D eigenvalue weighted by Crippen LogP contribution is 2.34. The number of carboxylic acids is 1. The van der Waals surface area contributed by atoms with Gasteiger partial charge >= 0.3 is 5.97 Å². The van der Waals surface area contributed by atoms with Crippen LogP contribution < -0.4 is 0 Å². The molecule has 21 heavy (non-hydrogen) atoms. The van der Waals surface area contributed by atoms with E-state index in [1.807, 2.05) is 6.92 Å². The Labute approximate surface area is 123 Å². The second-order valence-corrected chi connectivity index (χ2v) is 7.75. The Kier molecular flexibility index (Phi) is 4.66. The fourth-order valence-electron chi connectivity index (χ4n) is 2.94. The van der Waals surface area contributed by atoms with Crippen molar-refractivity contribution < 1.29 is 22.7 Å². The Hall–Kier alpha value is -1.43. The summed E-state index contributed by atoms with van der Waals surface area (Å²) in [5.41, 5.74) is -0.249. The van der Waals surface area contributed by atoms with E-state index in [-0.39, 0.29) is 10.5 Å². The standard InChI is InChI=1S/C15H19FO4S/c1-2-10-4-3-5-12(8-10)21(19,20)14-7-6-11(15(17)18)9-13(14)16/h6-7,9-10,12H,2-5,8H2,1H3,(H,17,18). The van der Waals surface area contributed by atoms with Gasteiger partial charge in [0.15, 0.2) is 9.84 Å². The summed E-state index contributed by atoms with van der Waals surface area (Å²) < 4.78 is 39.1. The van der Waals surface area contributed by atoms with Crippen molar-refractivity contribution in [3.63, 3.8) is 0 Å². The van der Waals surface area contributed by atoms with Crippen LogP contribution in [0.2, 0.25) is 0 Å². The van der Waals surface area contributed by atoms with Crippen LogP contribution >= 0.6 is 0 Å². The average molecular weight is 314 g/mol. The van der Waals surface area contributed by atoms with E-state index in [2.05, 4.69) is 0 Å². The molecule has 116 valence electrons. The van der Waals surface area contributed by atoms with Crippen molar-refractivity contribution in [1.29, 1.82) is 0 Å². The zero-order valence-electron chi connectivity index (χ0n) is 11.9. The summed E-state index contributed by atoms with van der Waals surface area (Å²) in [4.78, 5) is 10.4. The third-order valence-electron chi connectivity index (χ3n) is 4.24. The zero-order valence-corrected chi connectivity index (χ0v) is 12.7. The molecule has 1 saturated carbocycles. The van der Waals surface area contributed by atoms with Crippen LogP contribution in [0.1, 0.15) is 49.4 Å². The topological polar surface area (TPSA) is 71.4 Å². The molecule has 1 aliphatic rings. The number of aromatic carboxylic acids is 1. The highest BCUT2D eigenvalue weighted by Gasteiger charge is 2.34. The Balaban J connectivity index is 2.33. The van der Waals surface area contributed by atoms with Crippen LogP contribution in [0, 0.1) is 11.7 Å². The first-order valence-electron chi connectivity index (χ1n) is 7.13. The van der Waals surface area contributed by atoms with Crippen LogP contribution in [-0.4, -0.2) is 24.7 Å². The second-order valence-electron chi connectivity index (χ2n) is 5.56. The summed E-state index contributed by atoms with van der Waals surface area (Å²) in [6.45, 7) is 2.03. The summed E-state index contributed by atoms with van der Waals surface area (Å²) >= 11 is 0. The van der Waals surface area contributed by atoms with Gasteiger partial charge in [-0.3, -0.25) is 0 Å². The summed E-state index contributed by atoms with van der Waals surface area (Å²) in [5.74, 6) is -1.89. The minimum absolute atomic E-state index is 0.249. The third kappa shape index (κ3) is 3.26. The molecule has 0 saturated heterocycles. The van der Waals surface area contributed by atoms with Crippen molar-refractivity contribution in [3.8, 4) is 0 Å². The van der Waals surface area contributed by atoms with Gasteiger partial charge in [0.1, 0.15) is 10.7 Å². The lowest BCUT2D eigenvalue weighted by Gasteiger charge is -2.28. The number of benzene rings is 1. The minimum atomic E-state index is -3.75. The Morgan fingerprint density at radius 3 is 2.67 bits per heavy atom. The fraction of sp³-hybridized carbons (Fsp3) is 0.533. The quantitative estimate of drug-likeness (QED) is 0.926. The van der Waals surface area contributed by atoms with Gasteiger partial charge in [-0.25, -0.2) is 17.6 Å². The number of carbonyl (C=O) groups is 1. The summed E-state index contributed by atoms with van der Waals surface area (Å²) in [6.07, 6.45) is 3.87. The van der Waals surface area contributed by atoms with Gasteiger partial charge in [-0.15, -0.1) is 0 Å². The first-order chi connectivity index (χ1) is 9.86. The molecule has 1 aromatic rings. The van der Waals surface area contributed by atoms with E-state index < -0.39 is 26.9 Å². The van der Waals surface area contributed by atoms with Gasteiger partial charge in [0, 0.05) is 0 Å². The summed E-state index contributed by atoms with van der Waals surface area (Å²) in [7, 11) is -3.75. The lowest BCUT2D eigenvalue weighted by Crippen LogP contribution is -2.28. The fourth-order valence-corrected chi connectivity index (χ4v) is 4.89. The molecule has 0 aliphatic heterocycles. The molecule has 2 unspecified atom stereocenters. The molecule has 2 rings (SSSR count). The van der Waals surface area contributed by atoms with Crippen molar-refractivity contribution in [1.82, 2.24) is 0 Å². The maximum Gasteiger partial charge on any atom is 0.335 e. The summed E-state index contributed by atoms with van der Waals surface area (Å²) in [6, 6.07) is 2.98. The Bertz CT molecular complexity index is 639.